The van der Waals surface area contributed by atoms with Gasteiger partial charge in [0, 0.05) is 19.3 Å². The first-order valence-corrected chi connectivity index (χ1v) is 11.3. The fourth-order valence-corrected chi connectivity index (χ4v) is 4.00. The summed E-state index contributed by atoms with van der Waals surface area (Å²) in [4.78, 5) is 30.4. The highest BCUT2D eigenvalue weighted by Gasteiger charge is 2.24. The van der Waals surface area contributed by atoms with Crippen LogP contribution >= 0.6 is 0 Å². The smallest absolute Gasteiger partial charge is 0.229 e. The predicted molar refractivity (Wildman–Crippen MR) is 135 cm³/mol. The average Bonchev–Trinajstić information content (AvgIpc) is 2.88. The average molecular weight is 453 g/mol. The number of rotatable bonds is 8. The molecule has 0 aliphatic rings. The summed E-state index contributed by atoms with van der Waals surface area (Å²) in [6, 6.07) is 27.0. The molecule has 0 aliphatic carbocycles. The molecule has 0 radical (unpaired) electrons. The van der Waals surface area contributed by atoms with E-state index in [2.05, 4.69) is 15.6 Å². The molecule has 3 aromatic carbocycles. The second kappa shape index (κ2) is 10.6. The number of amides is 2. The number of carbonyl (C=O) groups is 2. The van der Waals surface area contributed by atoms with E-state index in [1.54, 1.807) is 12.3 Å². The molecule has 4 N–H and O–H groups in total. The molecule has 6 heteroatoms. The van der Waals surface area contributed by atoms with Crippen molar-refractivity contribution in [1.29, 1.82) is 0 Å². The van der Waals surface area contributed by atoms with Gasteiger partial charge in [0.05, 0.1) is 11.8 Å². The van der Waals surface area contributed by atoms with Crippen LogP contribution in [0.4, 0.5) is 5.82 Å². The van der Waals surface area contributed by atoms with Gasteiger partial charge in [0.15, 0.2) is 0 Å². The largest absolute Gasteiger partial charge is 0.384 e. The molecular formula is C28H28N4O2. The van der Waals surface area contributed by atoms with Crippen LogP contribution in [0.1, 0.15) is 35.4 Å². The van der Waals surface area contributed by atoms with Crippen molar-refractivity contribution >= 4 is 28.4 Å². The van der Waals surface area contributed by atoms with Gasteiger partial charge in [-0.3, -0.25) is 9.59 Å². The monoisotopic (exact) mass is 452 g/mol. The van der Waals surface area contributed by atoms with Crippen LogP contribution in [0, 0.1) is 0 Å². The zero-order valence-corrected chi connectivity index (χ0v) is 19.1. The molecule has 0 saturated carbocycles. The third kappa shape index (κ3) is 5.41. The lowest BCUT2D eigenvalue weighted by Crippen LogP contribution is -2.38. The van der Waals surface area contributed by atoms with E-state index in [1.807, 2.05) is 85.8 Å². The Bertz CT molecular complexity index is 1270. The number of aromatic nitrogens is 1. The van der Waals surface area contributed by atoms with Gasteiger partial charge in [-0.05, 0) is 40.5 Å². The number of carbonyl (C=O) groups excluding carboxylic acids is 2. The molecule has 0 bridgehead atoms. The molecule has 1 aromatic heterocycles. The van der Waals surface area contributed by atoms with Crippen molar-refractivity contribution in [3.8, 4) is 0 Å². The van der Waals surface area contributed by atoms with Crippen molar-refractivity contribution in [1.82, 2.24) is 15.6 Å². The van der Waals surface area contributed by atoms with Crippen molar-refractivity contribution in [2.75, 3.05) is 12.3 Å². The van der Waals surface area contributed by atoms with E-state index in [1.165, 1.54) is 0 Å². The van der Waals surface area contributed by atoms with E-state index in [-0.39, 0.29) is 24.3 Å². The van der Waals surface area contributed by atoms with Gasteiger partial charge in [-0.15, -0.1) is 0 Å². The molecule has 0 spiro atoms. The van der Waals surface area contributed by atoms with E-state index in [4.69, 9.17) is 5.73 Å². The summed E-state index contributed by atoms with van der Waals surface area (Å²) in [5.41, 5.74) is 8.31. The lowest BCUT2D eigenvalue weighted by molar-refractivity contribution is -0.124. The van der Waals surface area contributed by atoms with Crippen LogP contribution in [-0.2, 0) is 16.1 Å². The highest BCUT2D eigenvalue weighted by atomic mass is 16.2. The summed E-state index contributed by atoms with van der Waals surface area (Å²) in [5.74, 6) is -0.732. The Morgan fingerprint density at radius 2 is 1.59 bits per heavy atom. The van der Waals surface area contributed by atoms with Crippen LogP contribution in [0.2, 0.25) is 0 Å². The minimum Gasteiger partial charge on any atom is -0.384 e. The van der Waals surface area contributed by atoms with Crippen LogP contribution in [0.3, 0.4) is 0 Å². The van der Waals surface area contributed by atoms with Gasteiger partial charge in [-0.2, -0.15) is 0 Å². The van der Waals surface area contributed by atoms with Crippen molar-refractivity contribution in [2.45, 2.75) is 25.3 Å². The normalized spacial score (nSPS) is 12.6. The second-order valence-corrected chi connectivity index (χ2v) is 8.31. The van der Waals surface area contributed by atoms with Crippen LogP contribution in [0.15, 0.2) is 91.1 Å². The molecule has 4 aromatic rings. The molecule has 172 valence electrons. The summed E-state index contributed by atoms with van der Waals surface area (Å²) in [5, 5.41) is 8.03. The molecule has 0 aliphatic heterocycles. The Morgan fingerprint density at radius 1 is 0.853 bits per heavy atom. The number of pyridine rings is 1. The molecule has 1 heterocycles. The van der Waals surface area contributed by atoms with Crippen LogP contribution in [0.5, 0.6) is 0 Å². The Kier molecular flexibility index (Phi) is 7.18. The molecule has 4 rings (SSSR count). The summed E-state index contributed by atoms with van der Waals surface area (Å²) in [7, 11) is 0. The number of nitrogen functional groups attached to an aromatic ring is 1. The van der Waals surface area contributed by atoms with Gasteiger partial charge in [0.25, 0.3) is 0 Å². The first-order chi connectivity index (χ1) is 16.5. The van der Waals surface area contributed by atoms with Gasteiger partial charge < -0.3 is 16.4 Å². The number of anilines is 1. The number of fused-ring (bicyclic) bond motifs is 1. The second-order valence-electron chi connectivity index (χ2n) is 8.31. The predicted octanol–water partition coefficient (Wildman–Crippen LogP) is 4.14. The van der Waals surface area contributed by atoms with Gasteiger partial charge in [0.1, 0.15) is 5.82 Å². The third-order valence-corrected chi connectivity index (χ3v) is 6.00. The number of hydrogen-bond acceptors (Lipinski definition) is 4. The van der Waals surface area contributed by atoms with Crippen LogP contribution < -0.4 is 16.4 Å². The maximum absolute atomic E-state index is 13.4. The zero-order chi connectivity index (χ0) is 23.9. The summed E-state index contributed by atoms with van der Waals surface area (Å²) in [6.45, 7) is 2.38. The zero-order valence-electron chi connectivity index (χ0n) is 19.1. The molecule has 0 fully saturated rings. The van der Waals surface area contributed by atoms with E-state index >= 15 is 0 Å². The Labute approximate surface area is 199 Å². The van der Waals surface area contributed by atoms with Gasteiger partial charge in [0.2, 0.25) is 11.8 Å². The standard InChI is InChI=1S/C28H28N4O2/c1-19(21-8-3-2-4-9-21)27(33)32-18-25(24-13-7-11-22-10-5-6-12-23(22)24)28(34)31-17-20-14-15-26(29)30-16-20/h2-16,19,25H,17-18H2,1H3,(H2,29,30)(H,31,34)(H,32,33)/t19-,25?/m1/s1. The minimum absolute atomic E-state index is 0.119. The quantitative estimate of drug-likeness (QED) is 0.374. The van der Waals surface area contributed by atoms with Crippen molar-refractivity contribution in [3.05, 3.63) is 108 Å². The number of nitrogens with two attached hydrogens (primary N) is 1. The Morgan fingerprint density at radius 3 is 2.35 bits per heavy atom. The fourth-order valence-electron chi connectivity index (χ4n) is 4.00. The summed E-state index contributed by atoms with van der Waals surface area (Å²) >= 11 is 0. The first kappa shape index (κ1) is 23.0. The van der Waals surface area contributed by atoms with Gasteiger partial charge in [-0.25, -0.2) is 4.98 Å². The highest BCUT2D eigenvalue weighted by Crippen LogP contribution is 2.26. The molecule has 2 atom stereocenters. The van der Waals surface area contributed by atoms with Gasteiger partial charge in [-0.1, -0.05) is 78.9 Å². The minimum atomic E-state index is -0.556. The van der Waals surface area contributed by atoms with E-state index in [9.17, 15) is 9.59 Å². The topological polar surface area (TPSA) is 97.1 Å². The highest BCUT2D eigenvalue weighted by molar-refractivity contribution is 5.93. The van der Waals surface area contributed by atoms with E-state index in [0.717, 1.165) is 27.5 Å². The summed E-state index contributed by atoms with van der Waals surface area (Å²) < 4.78 is 0. The number of nitrogens with one attached hydrogen (secondary N) is 2. The number of benzene rings is 3. The maximum Gasteiger partial charge on any atom is 0.229 e. The third-order valence-electron chi connectivity index (χ3n) is 6.00. The lowest BCUT2D eigenvalue weighted by atomic mass is 9.92. The molecule has 6 nitrogen and oxygen atoms in total. The van der Waals surface area contributed by atoms with E-state index < -0.39 is 5.92 Å². The van der Waals surface area contributed by atoms with Gasteiger partial charge >= 0.3 is 0 Å². The molecule has 1 unspecified atom stereocenters. The SMILES string of the molecule is C[C@@H](C(=O)NCC(C(=O)NCc1ccc(N)nc1)c1cccc2ccccc12)c1ccccc1. The summed E-state index contributed by atoms with van der Waals surface area (Å²) in [6.07, 6.45) is 1.64. The molecular weight excluding hydrogens is 424 g/mol. The first-order valence-electron chi connectivity index (χ1n) is 11.3. The van der Waals surface area contributed by atoms with Crippen LogP contribution in [0.25, 0.3) is 10.8 Å². The molecule has 34 heavy (non-hydrogen) atoms. The van der Waals surface area contributed by atoms with Crippen molar-refractivity contribution in [2.24, 2.45) is 0 Å². The van der Waals surface area contributed by atoms with Crippen molar-refractivity contribution in [3.63, 3.8) is 0 Å². The molecule has 2 amide bonds. The van der Waals surface area contributed by atoms with E-state index in [0.29, 0.717) is 12.4 Å². The maximum atomic E-state index is 13.4. The number of nitrogens with zero attached hydrogens (tertiary/aromatic N) is 1. The lowest BCUT2D eigenvalue weighted by Gasteiger charge is -2.21. The fraction of sp³-hybridized carbons (Fsp3) is 0.179. The Balaban J connectivity index is 1.55. The Hall–Kier alpha value is -4.19. The molecule has 0 saturated heterocycles. The van der Waals surface area contributed by atoms with Crippen LogP contribution in [-0.4, -0.2) is 23.3 Å². The van der Waals surface area contributed by atoms with Crippen molar-refractivity contribution < 1.29 is 9.59 Å². The number of hydrogen-bond donors (Lipinski definition) is 3.